The van der Waals surface area contributed by atoms with E-state index in [0.717, 1.165) is 60.6 Å². The highest BCUT2D eigenvalue weighted by molar-refractivity contribution is 6.23. The van der Waals surface area contributed by atoms with Gasteiger partial charge in [0.2, 0.25) is 5.43 Å². The van der Waals surface area contributed by atoms with Crippen molar-refractivity contribution in [1.29, 1.82) is 0 Å². The van der Waals surface area contributed by atoms with Gasteiger partial charge in [-0.15, -0.1) is 0 Å². The van der Waals surface area contributed by atoms with Crippen LogP contribution in [-0.2, 0) is 0 Å². The molecule has 5 aromatic carbocycles. The van der Waals surface area contributed by atoms with Gasteiger partial charge in [-0.05, 0) is 67.4 Å². The van der Waals surface area contributed by atoms with Crippen molar-refractivity contribution >= 4 is 65.7 Å². The average molecular weight is 480 g/mol. The fourth-order valence-corrected chi connectivity index (χ4v) is 5.79. The maximum atomic E-state index is 13.3. The number of hydrogen-bond donors (Lipinski definition) is 0. The first-order valence-corrected chi connectivity index (χ1v) is 12.4. The lowest BCUT2D eigenvalue weighted by Crippen LogP contribution is -2.04. The number of hydrogen-bond acceptors (Lipinski definition) is 3. The molecule has 37 heavy (non-hydrogen) atoms. The van der Waals surface area contributed by atoms with E-state index in [1.807, 2.05) is 68.4 Å². The fourth-order valence-electron chi connectivity index (χ4n) is 5.79. The largest absolute Gasteiger partial charge is 0.455 e. The van der Waals surface area contributed by atoms with E-state index in [2.05, 4.69) is 41.0 Å². The Bertz CT molecular complexity index is 2300. The normalized spacial score (nSPS) is 12.2. The molecular formula is C33H21NO3. The first-order chi connectivity index (χ1) is 18.1. The molecule has 8 rings (SSSR count). The van der Waals surface area contributed by atoms with E-state index in [-0.39, 0.29) is 5.43 Å². The third kappa shape index (κ3) is 2.64. The Kier molecular flexibility index (Phi) is 3.91. The zero-order valence-electron chi connectivity index (χ0n) is 20.3. The van der Waals surface area contributed by atoms with Gasteiger partial charge >= 0.3 is 0 Å². The van der Waals surface area contributed by atoms with Gasteiger partial charge in [0.05, 0.1) is 27.2 Å². The molecule has 0 unspecified atom stereocenters. The second-order valence-electron chi connectivity index (χ2n) is 9.78. The molecule has 0 radical (unpaired) electrons. The second-order valence-corrected chi connectivity index (χ2v) is 9.78. The molecule has 3 aromatic heterocycles. The Labute approximate surface area is 210 Å². The van der Waals surface area contributed by atoms with Gasteiger partial charge in [-0.2, -0.15) is 0 Å². The van der Waals surface area contributed by atoms with Gasteiger partial charge in [-0.3, -0.25) is 4.79 Å². The summed E-state index contributed by atoms with van der Waals surface area (Å²) in [5.74, 6) is 0. The Morgan fingerprint density at radius 3 is 2.22 bits per heavy atom. The smallest absolute Gasteiger partial charge is 0.200 e. The van der Waals surface area contributed by atoms with Crippen LogP contribution in [-0.4, -0.2) is 4.57 Å². The Morgan fingerprint density at radius 2 is 1.32 bits per heavy atom. The number of fused-ring (bicyclic) bond motifs is 9. The van der Waals surface area contributed by atoms with E-state index in [1.165, 1.54) is 0 Å². The fraction of sp³-hybridized carbons (Fsp3) is 0.0606. The zero-order chi connectivity index (χ0) is 24.8. The first-order valence-electron chi connectivity index (χ1n) is 12.4. The summed E-state index contributed by atoms with van der Waals surface area (Å²) >= 11 is 0. The molecular weight excluding hydrogens is 458 g/mol. The van der Waals surface area contributed by atoms with Crippen molar-refractivity contribution in [3.05, 3.63) is 112 Å². The van der Waals surface area contributed by atoms with Crippen molar-refractivity contribution < 1.29 is 8.83 Å². The van der Waals surface area contributed by atoms with Crippen LogP contribution in [0, 0.1) is 13.8 Å². The highest BCUT2D eigenvalue weighted by Crippen LogP contribution is 2.40. The van der Waals surface area contributed by atoms with Crippen LogP contribution in [0.5, 0.6) is 0 Å². The molecule has 3 heterocycles. The van der Waals surface area contributed by atoms with Crippen LogP contribution >= 0.6 is 0 Å². The molecule has 0 amide bonds. The van der Waals surface area contributed by atoms with Gasteiger partial charge in [0.15, 0.2) is 0 Å². The number of aryl methyl sites for hydroxylation is 2. The predicted octanol–water partition coefficient (Wildman–Crippen LogP) is 8.56. The SMILES string of the molecule is Cc1ccc2c(=O)c3ccc(-n4c5ccccc5c5c6oc7ccccc7c6ccc54)cc3oc2c1C. The Morgan fingerprint density at radius 1 is 0.595 bits per heavy atom. The molecule has 4 heteroatoms. The lowest BCUT2D eigenvalue weighted by molar-refractivity contribution is 0.656. The number of furan rings is 1. The van der Waals surface area contributed by atoms with Crippen molar-refractivity contribution in [2.75, 3.05) is 0 Å². The molecule has 0 saturated carbocycles. The van der Waals surface area contributed by atoms with E-state index in [9.17, 15) is 4.79 Å². The van der Waals surface area contributed by atoms with Crippen molar-refractivity contribution in [2.24, 2.45) is 0 Å². The average Bonchev–Trinajstić information content (AvgIpc) is 3.46. The van der Waals surface area contributed by atoms with Crippen LogP contribution in [0.4, 0.5) is 0 Å². The topological polar surface area (TPSA) is 48.3 Å². The molecule has 4 nitrogen and oxygen atoms in total. The summed E-state index contributed by atoms with van der Waals surface area (Å²) in [7, 11) is 0. The third-order valence-corrected chi connectivity index (χ3v) is 7.78. The summed E-state index contributed by atoms with van der Waals surface area (Å²) in [5, 5.41) is 5.62. The number of nitrogens with zero attached hydrogens (tertiary/aromatic N) is 1. The molecule has 0 aliphatic rings. The molecule has 0 bridgehead atoms. The lowest BCUT2D eigenvalue weighted by Gasteiger charge is -2.10. The molecule has 0 fully saturated rings. The monoisotopic (exact) mass is 479 g/mol. The quantitative estimate of drug-likeness (QED) is 0.222. The van der Waals surface area contributed by atoms with Crippen LogP contribution < -0.4 is 5.43 Å². The van der Waals surface area contributed by atoms with E-state index in [4.69, 9.17) is 8.83 Å². The molecule has 176 valence electrons. The molecule has 0 spiro atoms. The maximum absolute atomic E-state index is 13.3. The van der Waals surface area contributed by atoms with Crippen LogP contribution in [0.15, 0.2) is 105 Å². The number of para-hydroxylation sites is 2. The molecule has 0 aliphatic heterocycles. The van der Waals surface area contributed by atoms with Crippen molar-refractivity contribution in [3.63, 3.8) is 0 Å². The van der Waals surface area contributed by atoms with Gasteiger partial charge in [-0.25, -0.2) is 0 Å². The number of rotatable bonds is 1. The summed E-state index contributed by atoms with van der Waals surface area (Å²) in [6.07, 6.45) is 0. The van der Waals surface area contributed by atoms with Crippen molar-refractivity contribution in [1.82, 2.24) is 4.57 Å². The van der Waals surface area contributed by atoms with E-state index in [1.54, 1.807) is 0 Å². The molecule has 0 aliphatic carbocycles. The van der Waals surface area contributed by atoms with Gasteiger partial charge < -0.3 is 13.4 Å². The predicted molar refractivity (Wildman–Crippen MR) is 151 cm³/mol. The summed E-state index contributed by atoms with van der Waals surface area (Å²) < 4.78 is 15.0. The van der Waals surface area contributed by atoms with Gasteiger partial charge in [0, 0.05) is 27.9 Å². The van der Waals surface area contributed by atoms with Crippen LogP contribution in [0.2, 0.25) is 0 Å². The van der Waals surface area contributed by atoms with E-state index >= 15 is 0 Å². The van der Waals surface area contributed by atoms with E-state index < -0.39 is 0 Å². The molecule has 0 saturated heterocycles. The highest BCUT2D eigenvalue weighted by Gasteiger charge is 2.19. The third-order valence-electron chi connectivity index (χ3n) is 7.78. The van der Waals surface area contributed by atoms with Crippen LogP contribution in [0.3, 0.4) is 0 Å². The maximum Gasteiger partial charge on any atom is 0.200 e. The first kappa shape index (κ1) is 20.4. The standard InChI is InChI=1S/C33H21NO3/c1-18-11-13-25-31(35)24-14-12-20(17-29(24)37-32(25)19(18)2)34-26-9-5-3-8-23(26)30-27(34)16-15-22-21-7-4-6-10-28(21)36-33(22)30/h3-17H,1-2H3. The Hall–Kier alpha value is -4.83. The number of benzene rings is 5. The zero-order valence-corrected chi connectivity index (χ0v) is 20.3. The summed E-state index contributed by atoms with van der Waals surface area (Å²) in [4.78, 5) is 13.3. The lowest BCUT2D eigenvalue weighted by atomic mass is 10.0. The summed E-state index contributed by atoms with van der Waals surface area (Å²) in [5.41, 5.74) is 8.14. The Balaban J connectivity index is 1.49. The highest BCUT2D eigenvalue weighted by atomic mass is 16.3. The van der Waals surface area contributed by atoms with Crippen LogP contribution in [0.1, 0.15) is 11.1 Å². The van der Waals surface area contributed by atoms with Gasteiger partial charge in [-0.1, -0.05) is 42.5 Å². The molecule has 0 atom stereocenters. The minimum absolute atomic E-state index is 0.00268. The minimum atomic E-state index is -0.00268. The summed E-state index contributed by atoms with van der Waals surface area (Å²) in [6.45, 7) is 4.04. The molecule has 8 aromatic rings. The van der Waals surface area contributed by atoms with Gasteiger partial charge in [0.1, 0.15) is 22.3 Å². The second kappa shape index (κ2) is 7.11. The minimum Gasteiger partial charge on any atom is -0.455 e. The molecule has 0 N–H and O–H groups in total. The number of aromatic nitrogens is 1. The van der Waals surface area contributed by atoms with Gasteiger partial charge in [0.25, 0.3) is 0 Å². The summed E-state index contributed by atoms with van der Waals surface area (Å²) in [6, 6.07) is 30.5. The van der Waals surface area contributed by atoms with Crippen molar-refractivity contribution in [2.45, 2.75) is 13.8 Å². The van der Waals surface area contributed by atoms with Crippen molar-refractivity contribution in [3.8, 4) is 5.69 Å². The van der Waals surface area contributed by atoms with E-state index in [0.29, 0.717) is 21.9 Å². The van der Waals surface area contributed by atoms with Crippen LogP contribution in [0.25, 0.3) is 71.4 Å².